The fourth-order valence-electron chi connectivity index (χ4n) is 3.79. The zero-order valence-electron chi connectivity index (χ0n) is 16.8. The topological polar surface area (TPSA) is 88.8 Å². The van der Waals surface area contributed by atoms with Gasteiger partial charge in [-0.1, -0.05) is 18.2 Å². The van der Waals surface area contributed by atoms with Crippen molar-refractivity contribution in [3.8, 4) is 5.75 Å². The number of carbonyl (C=O) groups is 2. The van der Waals surface area contributed by atoms with Crippen molar-refractivity contribution < 1.29 is 18.7 Å². The summed E-state index contributed by atoms with van der Waals surface area (Å²) < 4.78 is 10.6. The Morgan fingerprint density at radius 1 is 1.20 bits per heavy atom. The van der Waals surface area contributed by atoms with Crippen LogP contribution in [0.1, 0.15) is 17.5 Å². The Labute approximate surface area is 173 Å². The summed E-state index contributed by atoms with van der Waals surface area (Å²) in [6.07, 6.45) is 0.156. The molecular weight excluding hydrogens is 384 g/mol. The molecular formula is C23H22N2O5. The molecule has 0 spiro atoms. The van der Waals surface area contributed by atoms with Crippen LogP contribution in [0.15, 0.2) is 57.7 Å². The molecule has 2 heterocycles. The first kappa shape index (κ1) is 19.7. The molecule has 1 saturated heterocycles. The van der Waals surface area contributed by atoms with Crippen molar-refractivity contribution in [1.29, 1.82) is 0 Å². The van der Waals surface area contributed by atoms with Crippen LogP contribution in [-0.4, -0.2) is 30.4 Å². The highest BCUT2D eigenvalue weighted by atomic mass is 16.5. The van der Waals surface area contributed by atoms with E-state index in [1.54, 1.807) is 30.2 Å². The van der Waals surface area contributed by atoms with Crippen LogP contribution in [-0.2, 0) is 16.1 Å². The number of ether oxygens (including phenoxy) is 1. The van der Waals surface area contributed by atoms with Gasteiger partial charge in [-0.25, -0.2) is 4.79 Å². The number of likely N-dealkylation sites (tertiary alicyclic amines) is 1. The Morgan fingerprint density at radius 2 is 2.00 bits per heavy atom. The third-order valence-electron chi connectivity index (χ3n) is 5.36. The fraction of sp³-hybridized carbons (Fsp3) is 0.261. The maximum atomic E-state index is 12.7. The summed E-state index contributed by atoms with van der Waals surface area (Å²) in [4.78, 5) is 38.5. The van der Waals surface area contributed by atoms with Crippen molar-refractivity contribution in [3.63, 3.8) is 0 Å². The molecule has 154 valence electrons. The van der Waals surface area contributed by atoms with Crippen LogP contribution in [0.3, 0.4) is 0 Å². The smallest absolute Gasteiger partial charge is 0.336 e. The molecule has 0 aliphatic carbocycles. The van der Waals surface area contributed by atoms with E-state index in [-0.39, 0.29) is 18.2 Å². The summed E-state index contributed by atoms with van der Waals surface area (Å²) in [5, 5.41) is 3.65. The molecule has 1 atom stereocenters. The molecule has 7 heteroatoms. The molecule has 2 aromatic carbocycles. The van der Waals surface area contributed by atoms with Gasteiger partial charge in [-0.2, -0.15) is 0 Å². The number of rotatable bonds is 5. The lowest BCUT2D eigenvalue weighted by molar-refractivity contribution is -0.128. The summed E-state index contributed by atoms with van der Waals surface area (Å²) in [6.45, 7) is 2.56. The van der Waals surface area contributed by atoms with Gasteiger partial charge in [-0.15, -0.1) is 0 Å². The molecule has 7 nitrogen and oxygen atoms in total. The van der Waals surface area contributed by atoms with Crippen molar-refractivity contribution in [2.75, 3.05) is 19.0 Å². The van der Waals surface area contributed by atoms with E-state index < -0.39 is 11.5 Å². The zero-order valence-corrected chi connectivity index (χ0v) is 16.8. The van der Waals surface area contributed by atoms with Crippen LogP contribution in [0.5, 0.6) is 5.75 Å². The Balaban J connectivity index is 1.46. The van der Waals surface area contributed by atoms with Gasteiger partial charge in [0, 0.05) is 48.3 Å². The van der Waals surface area contributed by atoms with Crippen LogP contribution in [0.4, 0.5) is 5.69 Å². The molecule has 0 bridgehead atoms. The van der Waals surface area contributed by atoms with Gasteiger partial charge in [0.2, 0.25) is 11.8 Å². The molecule has 2 amide bonds. The number of nitrogens with one attached hydrogen (secondary N) is 1. The largest absolute Gasteiger partial charge is 0.496 e. The Hall–Kier alpha value is -3.61. The van der Waals surface area contributed by atoms with Crippen LogP contribution >= 0.6 is 0 Å². The van der Waals surface area contributed by atoms with E-state index >= 15 is 0 Å². The third kappa shape index (κ3) is 3.91. The third-order valence-corrected chi connectivity index (χ3v) is 5.36. The molecule has 30 heavy (non-hydrogen) atoms. The quantitative estimate of drug-likeness (QED) is 0.658. The number of fused-ring (bicyclic) bond motifs is 1. The van der Waals surface area contributed by atoms with Gasteiger partial charge in [-0.05, 0) is 30.7 Å². The normalized spacial score (nSPS) is 16.1. The first-order valence-electron chi connectivity index (χ1n) is 9.69. The van der Waals surface area contributed by atoms with E-state index in [4.69, 9.17) is 9.15 Å². The minimum absolute atomic E-state index is 0.0683. The SMILES string of the molecule is COc1ccccc1CN1CC(C(=O)Nc2ccc3c(C)cc(=O)oc3c2)CC1=O. The second-order valence-electron chi connectivity index (χ2n) is 7.44. The highest BCUT2D eigenvalue weighted by Gasteiger charge is 2.34. The summed E-state index contributed by atoms with van der Waals surface area (Å²) >= 11 is 0. The number of para-hydroxylation sites is 1. The average Bonchev–Trinajstić information content (AvgIpc) is 3.08. The van der Waals surface area contributed by atoms with E-state index in [0.717, 1.165) is 16.5 Å². The predicted molar refractivity (Wildman–Crippen MR) is 112 cm³/mol. The number of methoxy groups -OCH3 is 1. The van der Waals surface area contributed by atoms with Crippen LogP contribution < -0.4 is 15.7 Å². The van der Waals surface area contributed by atoms with Crippen molar-refractivity contribution >= 4 is 28.5 Å². The summed E-state index contributed by atoms with van der Waals surface area (Å²) in [5.74, 6) is -0.0417. The molecule has 1 N–H and O–H groups in total. The molecule has 1 fully saturated rings. The second kappa shape index (κ2) is 8.02. The van der Waals surface area contributed by atoms with Crippen molar-refractivity contribution in [2.45, 2.75) is 19.9 Å². The molecule has 0 saturated carbocycles. The van der Waals surface area contributed by atoms with Gasteiger partial charge in [0.25, 0.3) is 0 Å². The lowest BCUT2D eigenvalue weighted by Crippen LogP contribution is -2.28. The van der Waals surface area contributed by atoms with Crippen molar-refractivity contribution in [3.05, 3.63) is 70.1 Å². The van der Waals surface area contributed by atoms with Gasteiger partial charge in [0.05, 0.1) is 13.0 Å². The van der Waals surface area contributed by atoms with Crippen LogP contribution in [0, 0.1) is 12.8 Å². The number of benzene rings is 2. The number of nitrogens with zero attached hydrogens (tertiary/aromatic N) is 1. The summed E-state index contributed by atoms with van der Waals surface area (Å²) in [6, 6.07) is 14.1. The number of anilines is 1. The minimum Gasteiger partial charge on any atom is -0.496 e. The molecule has 3 aromatic rings. The Bertz CT molecular complexity index is 1180. The van der Waals surface area contributed by atoms with Crippen molar-refractivity contribution in [1.82, 2.24) is 4.90 Å². The number of hydrogen-bond acceptors (Lipinski definition) is 5. The molecule has 1 unspecified atom stereocenters. The number of aryl methyl sites for hydroxylation is 1. The lowest BCUT2D eigenvalue weighted by Gasteiger charge is -2.18. The maximum Gasteiger partial charge on any atom is 0.336 e. The predicted octanol–water partition coefficient (Wildman–Crippen LogP) is 3.10. The molecule has 0 radical (unpaired) electrons. The second-order valence-corrected chi connectivity index (χ2v) is 7.44. The van der Waals surface area contributed by atoms with Gasteiger partial charge in [0.15, 0.2) is 0 Å². The number of amides is 2. The Morgan fingerprint density at radius 3 is 2.80 bits per heavy atom. The fourth-order valence-corrected chi connectivity index (χ4v) is 3.79. The van der Waals surface area contributed by atoms with E-state index in [1.165, 1.54) is 6.07 Å². The highest BCUT2D eigenvalue weighted by molar-refractivity contribution is 5.98. The maximum absolute atomic E-state index is 12.7. The number of carbonyl (C=O) groups excluding carboxylic acids is 2. The number of hydrogen-bond donors (Lipinski definition) is 1. The first-order valence-corrected chi connectivity index (χ1v) is 9.69. The van der Waals surface area contributed by atoms with Crippen molar-refractivity contribution in [2.24, 2.45) is 5.92 Å². The van der Waals surface area contributed by atoms with Gasteiger partial charge >= 0.3 is 5.63 Å². The molecule has 1 aromatic heterocycles. The zero-order chi connectivity index (χ0) is 21.3. The lowest BCUT2D eigenvalue weighted by atomic mass is 10.1. The van der Waals surface area contributed by atoms with Gasteiger partial charge < -0.3 is 19.4 Å². The minimum atomic E-state index is -0.451. The average molecular weight is 406 g/mol. The Kier molecular flexibility index (Phi) is 5.27. The standard InChI is InChI=1S/C23H22N2O5/c1-14-9-22(27)30-20-11-17(7-8-18(14)20)24-23(28)16-10-21(26)25(13-16)12-15-5-3-4-6-19(15)29-2/h3-9,11,16H,10,12-13H2,1-2H3,(H,24,28). The summed E-state index contributed by atoms with van der Waals surface area (Å²) in [5.41, 5.74) is 2.22. The van der Waals surface area contributed by atoms with Gasteiger partial charge in [0.1, 0.15) is 11.3 Å². The van der Waals surface area contributed by atoms with E-state index in [2.05, 4.69) is 5.32 Å². The van der Waals surface area contributed by atoms with E-state index in [9.17, 15) is 14.4 Å². The van der Waals surface area contributed by atoms with Gasteiger partial charge in [-0.3, -0.25) is 9.59 Å². The highest BCUT2D eigenvalue weighted by Crippen LogP contribution is 2.26. The monoisotopic (exact) mass is 406 g/mol. The summed E-state index contributed by atoms with van der Waals surface area (Å²) in [7, 11) is 1.59. The molecule has 1 aliphatic heterocycles. The first-order chi connectivity index (χ1) is 14.4. The van der Waals surface area contributed by atoms with E-state index in [0.29, 0.717) is 30.1 Å². The molecule has 1 aliphatic rings. The van der Waals surface area contributed by atoms with Crippen LogP contribution in [0.25, 0.3) is 11.0 Å². The van der Waals surface area contributed by atoms with Crippen LogP contribution in [0.2, 0.25) is 0 Å². The van der Waals surface area contributed by atoms with E-state index in [1.807, 2.05) is 31.2 Å². The molecule has 4 rings (SSSR count).